The summed E-state index contributed by atoms with van der Waals surface area (Å²) in [6, 6.07) is 11.6. The average molecular weight is 433 g/mol. The monoisotopic (exact) mass is 432 g/mol. The molecule has 1 aromatic heterocycles. The van der Waals surface area contributed by atoms with Gasteiger partial charge in [0.25, 0.3) is 0 Å². The Hall–Kier alpha value is -2.85. The van der Waals surface area contributed by atoms with Crippen molar-refractivity contribution in [3.8, 4) is 6.07 Å². The van der Waals surface area contributed by atoms with Crippen molar-refractivity contribution < 1.29 is 14.6 Å². The number of fused-ring (bicyclic) bond motifs is 1. The molecule has 1 saturated heterocycles. The number of likely N-dealkylation sites (tertiary alicyclic amines) is 1. The Morgan fingerprint density at radius 3 is 2.78 bits per heavy atom. The van der Waals surface area contributed by atoms with E-state index in [2.05, 4.69) is 16.4 Å². The summed E-state index contributed by atoms with van der Waals surface area (Å²) in [5.41, 5.74) is 0.954. The average Bonchev–Trinajstić information content (AvgIpc) is 3.23. The van der Waals surface area contributed by atoms with Crippen LogP contribution in [0.1, 0.15) is 44.1 Å². The minimum Gasteiger partial charge on any atom is -0.446 e. The molecule has 2 heterocycles. The van der Waals surface area contributed by atoms with Crippen molar-refractivity contribution in [2.24, 2.45) is 17.8 Å². The number of rotatable bonds is 3. The Morgan fingerprint density at radius 1 is 1.22 bits per heavy atom. The van der Waals surface area contributed by atoms with E-state index < -0.39 is 5.60 Å². The number of carbonyl (C=O) groups excluding carboxylic acids is 1. The first-order valence-electron chi connectivity index (χ1n) is 11.7. The maximum atomic E-state index is 12.9. The van der Waals surface area contributed by atoms with Gasteiger partial charge in [-0.05, 0) is 86.6 Å². The molecule has 7 rings (SSSR count). The zero-order valence-electron chi connectivity index (χ0n) is 18.0. The number of anilines is 1. The van der Waals surface area contributed by atoms with Crippen LogP contribution in [-0.4, -0.2) is 51.9 Å². The van der Waals surface area contributed by atoms with Crippen LogP contribution in [-0.2, 0) is 4.74 Å². The third kappa shape index (κ3) is 3.47. The highest BCUT2D eigenvalue weighted by molar-refractivity contribution is 5.81. The predicted octanol–water partition coefficient (Wildman–Crippen LogP) is 3.67. The molecular formula is C25H28N4O3. The number of nitrogens with one attached hydrogen (secondary N) is 1. The first-order chi connectivity index (χ1) is 15.5. The zero-order valence-corrected chi connectivity index (χ0v) is 18.0. The molecule has 7 heteroatoms. The first-order valence-corrected chi connectivity index (χ1v) is 11.7. The minimum atomic E-state index is -0.509. The molecule has 166 valence electrons. The minimum absolute atomic E-state index is 0.0354. The van der Waals surface area contributed by atoms with E-state index in [0.717, 1.165) is 55.2 Å². The van der Waals surface area contributed by atoms with E-state index in [0.29, 0.717) is 36.4 Å². The van der Waals surface area contributed by atoms with Gasteiger partial charge in [-0.25, -0.2) is 9.78 Å². The quantitative estimate of drug-likeness (QED) is 0.768. The Morgan fingerprint density at radius 2 is 2.03 bits per heavy atom. The van der Waals surface area contributed by atoms with Crippen LogP contribution in [0.15, 0.2) is 30.3 Å². The lowest BCUT2D eigenvalue weighted by atomic mass is 9.53. The molecule has 1 amide bonds. The number of ether oxygens (including phenoxy) is 1. The number of pyridine rings is 1. The third-order valence-corrected chi connectivity index (χ3v) is 8.01. The molecule has 1 aromatic carbocycles. The van der Waals surface area contributed by atoms with E-state index in [1.807, 2.05) is 24.3 Å². The zero-order chi connectivity index (χ0) is 21.9. The van der Waals surface area contributed by atoms with Crippen LogP contribution in [0.3, 0.4) is 0 Å². The number of nitrogens with zero attached hydrogens (tertiary/aromatic N) is 3. The van der Waals surface area contributed by atoms with Crippen molar-refractivity contribution in [2.75, 3.05) is 18.4 Å². The van der Waals surface area contributed by atoms with E-state index in [1.165, 1.54) is 0 Å². The second kappa shape index (κ2) is 7.35. The lowest BCUT2D eigenvalue weighted by Crippen LogP contribution is -2.58. The SMILES string of the molecule is N#Cc1ccc2nc(NC3CCN(C(=O)OC4C5CC6CC4CC(O)(C6)C5)C3)ccc2c1. The maximum Gasteiger partial charge on any atom is 0.410 e. The summed E-state index contributed by atoms with van der Waals surface area (Å²) in [6.45, 7) is 1.27. The number of benzene rings is 1. The molecule has 5 fully saturated rings. The van der Waals surface area contributed by atoms with Crippen LogP contribution < -0.4 is 5.32 Å². The fourth-order valence-corrected chi connectivity index (χ4v) is 6.85. The molecule has 32 heavy (non-hydrogen) atoms. The van der Waals surface area contributed by atoms with E-state index in [9.17, 15) is 9.90 Å². The van der Waals surface area contributed by atoms with Crippen LogP contribution in [0.5, 0.6) is 0 Å². The van der Waals surface area contributed by atoms with Crippen molar-refractivity contribution in [1.29, 1.82) is 5.26 Å². The molecule has 3 unspecified atom stereocenters. The summed E-state index contributed by atoms with van der Waals surface area (Å²) in [5.74, 6) is 2.01. The topological polar surface area (TPSA) is 98.5 Å². The molecule has 4 saturated carbocycles. The number of carbonyl (C=O) groups is 1. The Labute approximate surface area is 187 Å². The van der Waals surface area contributed by atoms with Crippen molar-refractivity contribution >= 4 is 22.8 Å². The summed E-state index contributed by atoms with van der Waals surface area (Å²) in [4.78, 5) is 19.4. The van der Waals surface area contributed by atoms with E-state index in [-0.39, 0.29) is 18.2 Å². The van der Waals surface area contributed by atoms with Crippen LogP contribution in [0.4, 0.5) is 10.6 Å². The number of aromatic nitrogens is 1. The standard InChI is InChI=1S/C25H28N4O3/c26-13-15-1-3-21-17(7-15)2-4-22(28-21)27-20-5-6-29(14-20)24(30)32-23-18-8-16-9-19(23)12-25(31,10-16)11-18/h1-4,7,16,18-20,23,31H,5-6,8-12,14H2,(H,27,28). The molecule has 3 atom stereocenters. The molecule has 5 aliphatic rings. The normalized spacial score (nSPS) is 35.1. The second-order valence-electron chi connectivity index (χ2n) is 10.3. The number of hydrogen-bond donors (Lipinski definition) is 2. The lowest BCUT2D eigenvalue weighted by Gasteiger charge is -2.57. The summed E-state index contributed by atoms with van der Waals surface area (Å²) in [5, 5.41) is 24.2. The Balaban J connectivity index is 1.07. The van der Waals surface area contributed by atoms with Crippen LogP contribution in [0, 0.1) is 29.1 Å². The first kappa shape index (κ1) is 19.8. The van der Waals surface area contributed by atoms with Gasteiger partial charge < -0.3 is 20.1 Å². The maximum absolute atomic E-state index is 12.9. The molecule has 1 aliphatic heterocycles. The Bertz CT molecular complexity index is 1100. The summed E-state index contributed by atoms with van der Waals surface area (Å²) < 4.78 is 6.04. The van der Waals surface area contributed by atoms with Crippen molar-refractivity contribution in [1.82, 2.24) is 9.88 Å². The van der Waals surface area contributed by atoms with Gasteiger partial charge in [0, 0.05) is 24.5 Å². The predicted molar refractivity (Wildman–Crippen MR) is 119 cm³/mol. The number of hydrogen-bond acceptors (Lipinski definition) is 6. The fourth-order valence-electron chi connectivity index (χ4n) is 6.85. The summed E-state index contributed by atoms with van der Waals surface area (Å²) in [6.07, 6.45) is 5.27. The van der Waals surface area contributed by atoms with Gasteiger partial charge >= 0.3 is 6.09 Å². The molecule has 0 radical (unpaired) electrons. The van der Waals surface area contributed by atoms with Gasteiger partial charge in [-0.3, -0.25) is 0 Å². The van der Waals surface area contributed by atoms with Gasteiger partial charge in [0.05, 0.1) is 22.8 Å². The number of aliphatic hydroxyl groups is 1. The molecule has 4 bridgehead atoms. The molecule has 7 nitrogen and oxygen atoms in total. The second-order valence-corrected chi connectivity index (χ2v) is 10.3. The van der Waals surface area contributed by atoms with Gasteiger partial charge in [-0.15, -0.1) is 0 Å². The number of amides is 1. The summed E-state index contributed by atoms with van der Waals surface area (Å²) in [7, 11) is 0. The molecule has 4 aliphatic carbocycles. The van der Waals surface area contributed by atoms with Crippen LogP contribution in [0.2, 0.25) is 0 Å². The lowest BCUT2D eigenvalue weighted by molar-refractivity contribution is -0.177. The van der Waals surface area contributed by atoms with E-state index in [4.69, 9.17) is 10.00 Å². The molecule has 2 aromatic rings. The van der Waals surface area contributed by atoms with Gasteiger partial charge in [0.2, 0.25) is 0 Å². The van der Waals surface area contributed by atoms with Crippen LogP contribution >= 0.6 is 0 Å². The van der Waals surface area contributed by atoms with Crippen LogP contribution in [0.25, 0.3) is 10.9 Å². The smallest absolute Gasteiger partial charge is 0.410 e. The Kier molecular flexibility index (Phi) is 4.55. The largest absolute Gasteiger partial charge is 0.446 e. The van der Waals surface area contributed by atoms with Gasteiger partial charge in [0.1, 0.15) is 11.9 Å². The molecular weight excluding hydrogens is 404 g/mol. The molecule has 2 N–H and O–H groups in total. The highest BCUT2D eigenvalue weighted by Crippen LogP contribution is 2.56. The third-order valence-electron chi connectivity index (χ3n) is 8.01. The van der Waals surface area contributed by atoms with Gasteiger partial charge in [0.15, 0.2) is 0 Å². The number of nitriles is 1. The highest BCUT2D eigenvalue weighted by Gasteiger charge is 2.56. The summed E-state index contributed by atoms with van der Waals surface area (Å²) >= 11 is 0. The van der Waals surface area contributed by atoms with E-state index >= 15 is 0 Å². The van der Waals surface area contributed by atoms with Crippen molar-refractivity contribution in [3.63, 3.8) is 0 Å². The molecule has 0 spiro atoms. The van der Waals surface area contributed by atoms with Crippen molar-refractivity contribution in [3.05, 3.63) is 35.9 Å². The fraction of sp³-hybridized carbons (Fsp3) is 0.560. The van der Waals surface area contributed by atoms with E-state index in [1.54, 1.807) is 11.0 Å². The van der Waals surface area contributed by atoms with Gasteiger partial charge in [-0.2, -0.15) is 5.26 Å². The highest BCUT2D eigenvalue weighted by atomic mass is 16.6. The van der Waals surface area contributed by atoms with Crippen molar-refractivity contribution in [2.45, 2.75) is 56.3 Å². The van der Waals surface area contributed by atoms with Gasteiger partial charge in [-0.1, -0.05) is 0 Å².